The van der Waals surface area contributed by atoms with Crippen LogP contribution in [0.2, 0.25) is 0 Å². The van der Waals surface area contributed by atoms with E-state index < -0.39 is 5.97 Å². The van der Waals surface area contributed by atoms with Gasteiger partial charge in [-0.3, -0.25) is 14.4 Å². The minimum absolute atomic E-state index is 0.0371. The van der Waals surface area contributed by atoms with Crippen LogP contribution in [-0.2, 0) is 9.59 Å². The zero-order valence-electron chi connectivity index (χ0n) is 10.3. The van der Waals surface area contributed by atoms with Crippen molar-refractivity contribution in [3.8, 4) is 0 Å². The summed E-state index contributed by atoms with van der Waals surface area (Å²) < 4.78 is 0. The van der Waals surface area contributed by atoms with Crippen molar-refractivity contribution in [2.45, 2.75) is 19.3 Å². The second kappa shape index (κ2) is 8.25. The Labute approximate surface area is 114 Å². The molecule has 7 heteroatoms. The van der Waals surface area contributed by atoms with E-state index in [2.05, 4.69) is 10.6 Å². The lowest BCUT2D eigenvalue weighted by Crippen LogP contribution is -2.31. The molecule has 1 heterocycles. The molecule has 0 saturated heterocycles. The van der Waals surface area contributed by atoms with Gasteiger partial charge in [-0.2, -0.15) is 0 Å². The van der Waals surface area contributed by atoms with E-state index in [0.717, 1.165) is 0 Å². The molecule has 2 amide bonds. The van der Waals surface area contributed by atoms with Gasteiger partial charge in [-0.05, 0) is 17.9 Å². The first-order chi connectivity index (χ1) is 9.09. The van der Waals surface area contributed by atoms with E-state index in [0.29, 0.717) is 17.8 Å². The average molecular weight is 284 g/mol. The van der Waals surface area contributed by atoms with Crippen LogP contribution in [0.3, 0.4) is 0 Å². The molecule has 0 aromatic carbocycles. The van der Waals surface area contributed by atoms with Crippen molar-refractivity contribution in [2.75, 3.05) is 13.1 Å². The molecule has 0 aliphatic heterocycles. The molecule has 1 aromatic rings. The summed E-state index contributed by atoms with van der Waals surface area (Å²) in [4.78, 5) is 33.7. The van der Waals surface area contributed by atoms with Gasteiger partial charge in [-0.1, -0.05) is 6.07 Å². The third kappa shape index (κ3) is 6.56. The van der Waals surface area contributed by atoms with Crippen LogP contribution in [0.1, 0.15) is 28.9 Å². The third-order valence-corrected chi connectivity index (χ3v) is 3.14. The lowest BCUT2D eigenvalue weighted by molar-refractivity contribution is -0.137. The molecule has 6 nitrogen and oxygen atoms in total. The fourth-order valence-electron chi connectivity index (χ4n) is 1.34. The molecule has 0 unspecified atom stereocenters. The fraction of sp³-hybridized carbons (Fsp3) is 0.417. The Kier molecular flexibility index (Phi) is 6.59. The Hall–Kier alpha value is -1.89. The van der Waals surface area contributed by atoms with Crippen molar-refractivity contribution >= 4 is 29.1 Å². The number of nitrogens with one attached hydrogen (secondary N) is 2. The topological polar surface area (TPSA) is 95.5 Å². The smallest absolute Gasteiger partial charge is 0.303 e. The van der Waals surface area contributed by atoms with Crippen LogP contribution < -0.4 is 10.6 Å². The lowest BCUT2D eigenvalue weighted by Gasteiger charge is -2.05. The molecule has 19 heavy (non-hydrogen) atoms. The molecule has 0 radical (unpaired) electrons. The molecule has 0 bridgehead atoms. The van der Waals surface area contributed by atoms with E-state index in [1.165, 1.54) is 11.3 Å². The van der Waals surface area contributed by atoms with Gasteiger partial charge < -0.3 is 15.7 Å². The normalized spacial score (nSPS) is 9.89. The van der Waals surface area contributed by atoms with E-state index in [-0.39, 0.29) is 31.2 Å². The Balaban J connectivity index is 2.07. The zero-order chi connectivity index (χ0) is 14.1. The Bertz CT molecular complexity index is 431. The number of carbonyl (C=O) groups is 3. The summed E-state index contributed by atoms with van der Waals surface area (Å²) in [5.41, 5.74) is 0. The number of amides is 2. The highest BCUT2D eigenvalue weighted by molar-refractivity contribution is 7.12. The van der Waals surface area contributed by atoms with Crippen LogP contribution in [0.25, 0.3) is 0 Å². The van der Waals surface area contributed by atoms with Crippen LogP contribution in [0, 0.1) is 0 Å². The summed E-state index contributed by atoms with van der Waals surface area (Å²) in [6.45, 7) is 0.603. The van der Waals surface area contributed by atoms with Crippen LogP contribution in [-0.4, -0.2) is 36.0 Å². The van der Waals surface area contributed by atoms with Gasteiger partial charge in [-0.25, -0.2) is 0 Å². The molecule has 0 saturated carbocycles. The SMILES string of the molecule is O=C(O)CCCNC(=O)CCNC(=O)c1cccs1. The van der Waals surface area contributed by atoms with E-state index in [4.69, 9.17) is 5.11 Å². The number of hydrogen-bond acceptors (Lipinski definition) is 4. The number of rotatable bonds is 8. The van der Waals surface area contributed by atoms with Crippen LogP contribution in [0.5, 0.6) is 0 Å². The van der Waals surface area contributed by atoms with E-state index in [1.807, 2.05) is 5.38 Å². The molecule has 1 rings (SSSR count). The van der Waals surface area contributed by atoms with Crippen LogP contribution in [0.4, 0.5) is 0 Å². The molecule has 104 valence electrons. The molecule has 0 atom stereocenters. The summed E-state index contributed by atoms with van der Waals surface area (Å²) in [5, 5.41) is 15.5. The third-order valence-electron chi connectivity index (χ3n) is 2.27. The van der Waals surface area contributed by atoms with Gasteiger partial charge in [0.05, 0.1) is 4.88 Å². The molecule has 1 aromatic heterocycles. The summed E-state index contributed by atoms with van der Waals surface area (Å²) >= 11 is 1.34. The number of carbonyl (C=O) groups excluding carboxylic acids is 2. The second-order valence-corrected chi connectivity index (χ2v) is 4.78. The zero-order valence-corrected chi connectivity index (χ0v) is 11.2. The van der Waals surface area contributed by atoms with E-state index in [1.54, 1.807) is 12.1 Å². The van der Waals surface area contributed by atoms with Crippen molar-refractivity contribution in [1.29, 1.82) is 0 Å². The lowest BCUT2D eigenvalue weighted by atomic mass is 10.3. The minimum Gasteiger partial charge on any atom is -0.481 e. The van der Waals surface area contributed by atoms with E-state index >= 15 is 0 Å². The Morgan fingerprint density at radius 1 is 1.16 bits per heavy atom. The van der Waals surface area contributed by atoms with Crippen molar-refractivity contribution in [3.05, 3.63) is 22.4 Å². The summed E-state index contributed by atoms with van der Waals surface area (Å²) in [5.74, 6) is -1.26. The predicted molar refractivity (Wildman–Crippen MR) is 71.1 cm³/mol. The van der Waals surface area contributed by atoms with Gasteiger partial charge in [0.15, 0.2) is 0 Å². The predicted octanol–water partition coefficient (Wildman–Crippen LogP) is 0.849. The van der Waals surface area contributed by atoms with Gasteiger partial charge in [0.1, 0.15) is 0 Å². The quantitative estimate of drug-likeness (QED) is 0.617. The van der Waals surface area contributed by atoms with Crippen LogP contribution >= 0.6 is 11.3 Å². The monoisotopic (exact) mass is 284 g/mol. The number of carboxylic acids is 1. The Morgan fingerprint density at radius 2 is 1.95 bits per heavy atom. The summed E-state index contributed by atoms with van der Waals surface area (Å²) in [6.07, 6.45) is 0.627. The van der Waals surface area contributed by atoms with Crippen molar-refractivity contribution in [3.63, 3.8) is 0 Å². The van der Waals surface area contributed by atoms with Crippen molar-refractivity contribution < 1.29 is 19.5 Å². The first kappa shape index (κ1) is 15.2. The molecule has 3 N–H and O–H groups in total. The summed E-state index contributed by atoms with van der Waals surface area (Å²) in [7, 11) is 0. The van der Waals surface area contributed by atoms with Crippen molar-refractivity contribution in [1.82, 2.24) is 10.6 Å². The minimum atomic E-state index is -0.877. The maximum atomic E-state index is 11.5. The number of hydrogen-bond donors (Lipinski definition) is 3. The molecule has 0 aliphatic rings. The Morgan fingerprint density at radius 3 is 2.58 bits per heavy atom. The highest BCUT2D eigenvalue weighted by Gasteiger charge is 2.07. The highest BCUT2D eigenvalue weighted by Crippen LogP contribution is 2.07. The standard InChI is InChI=1S/C12H16N2O4S/c15-10(13-6-1-4-11(16)17)5-7-14-12(18)9-3-2-8-19-9/h2-3,8H,1,4-7H2,(H,13,15)(H,14,18)(H,16,17). The maximum absolute atomic E-state index is 11.5. The fourth-order valence-corrected chi connectivity index (χ4v) is 1.98. The van der Waals surface area contributed by atoms with Gasteiger partial charge in [0.25, 0.3) is 5.91 Å². The van der Waals surface area contributed by atoms with Crippen LogP contribution in [0.15, 0.2) is 17.5 Å². The molecule has 0 spiro atoms. The van der Waals surface area contributed by atoms with E-state index in [9.17, 15) is 14.4 Å². The van der Waals surface area contributed by atoms with Gasteiger partial charge in [0, 0.05) is 25.9 Å². The van der Waals surface area contributed by atoms with Crippen molar-refractivity contribution in [2.24, 2.45) is 0 Å². The number of thiophene rings is 1. The second-order valence-electron chi connectivity index (χ2n) is 3.83. The molecular weight excluding hydrogens is 268 g/mol. The van der Waals surface area contributed by atoms with Gasteiger partial charge >= 0.3 is 5.97 Å². The largest absolute Gasteiger partial charge is 0.481 e. The first-order valence-electron chi connectivity index (χ1n) is 5.90. The average Bonchev–Trinajstić information content (AvgIpc) is 2.88. The molecule has 0 aliphatic carbocycles. The number of carboxylic acid groups (broad SMARTS) is 1. The summed E-state index contributed by atoms with van der Waals surface area (Å²) in [6, 6.07) is 3.50. The first-order valence-corrected chi connectivity index (χ1v) is 6.78. The molecule has 0 fully saturated rings. The highest BCUT2D eigenvalue weighted by atomic mass is 32.1. The van der Waals surface area contributed by atoms with Gasteiger partial charge in [0.2, 0.25) is 5.91 Å². The molecular formula is C12H16N2O4S. The maximum Gasteiger partial charge on any atom is 0.303 e. The van der Waals surface area contributed by atoms with Gasteiger partial charge in [-0.15, -0.1) is 11.3 Å². The number of aliphatic carboxylic acids is 1.